The Bertz CT molecular complexity index is 780. The van der Waals surface area contributed by atoms with Crippen LogP contribution in [-0.4, -0.2) is 47.6 Å². The van der Waals surface area contributed by atoms with Crippen molar-refractivity contribution in [3.8, 4) is 0 Å². The summed E-state index contributed by atoms with van der Waals surface area (Å²) < 4.78 is 34.6. The maximum Gasteiger partial charge on any atom is 0.243 e. The number of imidazole rings is 1. The zero-order valence-corrected chi connectivity index (χ0v) is 13.2. The fraction of sp³-hybridized carbons (Fsp3) is 0.500. The lowest BCUT2D eigenvalue weighted by Gasteiger charge is -2.40. The summed E-state index contributed by atoms with van der Waals surface area (Å²) >= 11 is 0. The second-order valence-electron chi connectivity index (χ2n) is 5.95. The fourth-order valence-electron chi connectivity index (χ4n) is 2.69. The number of aryl methyl sites for hydroxylation is 1. The van der Waals surface area contributed by atoms with E-state index >= 15 is 0 Å². The molecule has 0 spiro atoms. The molecule has 0 atom stereocenters. The van der Waals surface area contributed by atoms with Gasteiger partial charge in [-0.05, 0) is 32.0 Å². The number of hydrogen-bond acceptors (Lipinski definition) is 4. The van der Waals surface area contributed by atoms with Crippen molar-refractivity contribution in [3.05, 3.63) is 24.5 Å². The van der Waals surface area contributed by atoms with Crippen molar-refractivity contribution in [3.63, 3.8) is 0 Å². The van der Waals surface area contributed by atoms with Gasteiger partial charge in [0.25, 0.3) is 0 Å². The van der Waals surface area contributed by atoms with Crippen molar-refractivity contribution in [2.24, 2.45) is 7.05 Å². The second kappa shape index (κ2) is 4.79. The molecule has 3 rings (SSSR count). The Hall–Kier alpha value is -1.44. The van der Waals surface area contributed by atoms with E-state index in [1.165, 1.54) is 4.31 Å². The van der Waals surface area contributed by atoms with E-state index < -0.39 is 15.6 Å². The van der Waals surface area contributed by atoms with Crippen LogP contribution in [0.4, 0.5) is 0 Å². The van der Waals surface area contributed by atoms with Gasteiger partial charge in [-0.2, -0.15) is 4.31 Å². The molecule has 0 N–H and O–H groups in total. The highest BCUT2D eigenvalue weighted by atomic mass is 32.2. The second-order valence-corrected chi connectivity index (χ2v) is 7.81. The van der Waals surface area contributed by atoms with Gasteiger partial charge in [0.2, 0.25) is 10.0 Å². The van der Waals surface area contributed by atoms with Crippen molar-refractivity contribution in [2.45, 2.75) is 24.3 Å². The minimum Gasteiger partial charge on any atom is -0.378 e. The summed E-state index contributed by atoms with van der Waals surface area (Å²) in [6.45, 7) is 4.95. The van der Waals surface area contributed by atoms with Crippen molar-refractivity contribution >= 4 is 21.1 Å². The number of morpholine rings is 1. The van der Waals surface area contributed by atoms with Gasteiger partial charge in [0.1, 0.15) is 0 Å². The molecule has 0 aliphatic carbocycles. The molecule has 1 aliphatic heterocycles. The van der Waals surface area contributed by atoms with Gasteiger partial charge in [-0.15, -0.1) is 0 Å². The highest BCUT2D eigenvalue weighted by Crippen LogP contribution is 2.28. The molecule has 0 radical (unpaired) electrons. The maximum atomic E-state index is 12.9. The first-order valence-corrected chi connectivity index (χ1v) is 8.28. The number of sulfonamides is 1. The Balaban J connectivity index is 2.07. The monoisotopic (exact) mass is 309 g/mol. The number of nitrogens with zero attached hydrogens (tertiary/aromatic N) is 3. The number of aromatic nitrogens is 2. The highest BCUT2D eigenvalue weighted by molar-refractivity contribution is 7.89. The van der Waals surface area contributed by atoms with E-state index in [-0.39, 0.29) is 4.90 Å². The van der Waals surface area contributed by atoms with Crippen molar-refractivity contribution < 1.29 is 13.2 Å². The smallest absolute Gasteiger partial charge is 0.243 e. The van der Waals surface area contributed by atoms with Gasteiger partial charge in [0.05, 0.1) is 41.0 Å². The fourth-order valence-corrected chi connectivity index (χ4v) is 4.47. The Labute approximate surface area is 124 Å². The predicted octanol–water partition coefficient (Wildman–Crippen LogP) is 1.37. The lowest BCUT2D eigenvalue weighted by molar-refractivity contribution is -0.00770. The third-order valence-electron chi connectivity index (χ3n) is 3.85. The molecular weight excluding hydrogens is 290 g/mol. The number of rotatable bonds is 2. The van der Waals surface area contributed by atoms with Gasteiger partial charge >= 0.3 is 0 Å². The Morgan fingerprint density at radius 1 is 1.33 bits per heavy atom. The SMILES string of the molecule is Cn1cnc2cc(S(=O)(=O)N3CCOCC3(C)C)ccc21. The van der Waals surface area contributed by atoms with Gasteiger partial charge < -0.3 is 9.30 Å². The van der Waals surface area contributed by atoms with E-state index in [4.69, 9.17) is 4.74 Å². The third-order valence-corrected chi connectivity index (χ3v) is 5.96. The van der Waals surface area contributed by atoms with Crippen LogP contribution in [0.5, 0.6) is 0 Å². The molecule has 1 fully saturated rings. The van der Waals surface area contributed by atoms with Gasteiger partial charge in [-0.1, -0.05) is 0 Å². The van der Waals surface area contributed by atoms with E-state index in [0.29, 0.717) is 25.3 Å². The van der Waals surface area contributed by atoms with Crippen LogP contribution >= 0.6 is 0 Å². The maximum absolute atomic E-state index is 12.9. The molecule has 0 unspecified atom stereocenters. The zero-order valence-electron chi connectivity index (χ0n) is 12.4. The quantitative estimate of drug-likeness (QED) is 0.840. The van der Waals surface area contributed by atoms with E-state index in [9.17, 15) is 8.42 Å². The molecule has 1 aliphatic rings. The Morgan fingerprint density at radius 3 is 2.81 bits per heavy atom. The first-order valence-electron chi connectivity index (χ1n) is 6.84. The summed E-state index contributed by atoms with van der Waals surface area (Å²) in [5.74, 6) is 0. The normalized spacial score (nSPS) is 20.0. The molecule has 1 aromatic heterocycles. The first kappa shape index (κ1) is 14.5. The number of benzene rings is 1. The average molecular weight is 309 g/mol. The molecule has 0 bridgehead atoms. The number of hydrogen-bond donors (Lipinski definition) is 0. The molecule has 21 heavy (non-hydrogen) atoms. The van der Waals surface area contributed by atoms with Crippen molar-refractivity contribution in [1.82, 2.24) is 13.9 Å². The average Bonchev–Trinajstić information content (AvgIpc) is 2.79. The highest BCUT2D eigenvalue weighted by Gasteiger charge is 2.39. The molecular formula is C14H19N3O3S. The molecule has 1 aromatic carbocycles. The van der Waals surface area contributed by atoms with Crippen molar-refractivity contribution in [2.75, 3.05) is 19.8 Å². The summed E-state index contributed by atoms with van der Waals surface area (Å²) in [5, 5.41) is 0. The number of ether oxygens (including phenoxy) is 1. The summed E-state index contributed by atoms with van der Waals surface area (Å²) in [6, 6.07) is 5.07. The number of fused-ring (bicyclic) bond motifs is 1. The van der Waals surface area contributed by atoms with Crippen LogP contribution in [0.1, 0.15) is 13.8 Å². The summed E-state index contributed by atoms with van der Waals surface area (Å²) in [4.78, 5) is 4.51. The predicted molar refractivity (Wildman–Crippen MR) is 79.5 cm³/mol. The van der Waals surface area contributed by atoms with Crippen LogP contribution in [0, 0.1) is 0 Å². The van der Waals surface area contributed by atoms with Gasteiger partial charge in [0.15, 0.2) is 0 Å². The largest absolute Gasteiger partial charge is 0.378 e. The van der Waals surface area contributed by atoms with Gasteiger partial charge in [-0.25, -0.2) is 13.4 Å². The topological polar surface area (TPSA) is 64.4 Å². The van der Waals surface area contributed by atoms with Crippen LogP contribution in [0.15, 0.2) is 29.4 Å². The zero-order chi connectivity index (χ0) is 15.3. The molecule has 1 saturated heterocycles. The lowest BCUT2D eigenvalue weighted by atomic mass is 10.1. The molecule has 0 amide bonds. The molecule has 2 aromatic rings. The Morgan fingerprint density at radius 2 is 2.10 bits per heavy atom. The minimum absolute atomic E-state index is 0.281. The third kappa shape index (κ3) is 2.35. The molecule has 2 heterocycles. The standard InChI is InChI=1S/C14H19N3O3S/c1-14(2)9-20-7-6-17(14)21(18,19)11-4-5-13-12(8-11)15-10-16(13)3/h4-5,8,10H,6-7,9H2,1-3H3. The van der Waals surface area contributed by atoms with Crippen LogP contribution in [0.2, 0.25) is 0 Å². The van der Waals surface area contributed by atoms with Crippen molar-refractivity contribution in [1.29, 1.82) is 0 Å². The lowest BCUT2D eigenvalue weighted by Crippen LogP contribution is -2.55. The first-order chi connectivity index (χ1) is 9.82. The summed E-state index contributed by atoms with van der Waals surface area (Å²) in [7, 11) is -1.66. The van der Waals surface area contributed by atoms with E-state index in [1.54, 1.807) is 24.5 Å². The summed E-state index contributed by atoms with van der Waals surface area (Å²) in [6.07, 6.45) is 1.68. The van der Waals surface area contributed by atoms with Gasteiger partial charge in [-0.3, -0.25) is 0 Å². The van der Waals surface area contributed by atoms with Crippen LogP contribution in [-0.2, 0) is 21.8 Å². The summed E-state index contributed by atoms with van der Waals surface area (Å²) in [5.41, 5.74) is 1.05. The van der Waals surface area contributed by atoms with Gasteiger partial charge in [0, 0.05) is 13.6 Å². The minimum atomic E-state index is -3.55. The van der Waals surface area contributed by atoms with E-state index in [2.05, 4.69) is 4.98 Å². The van der Waals surface area contributed by atoms with Crippen LogP contribution < -0.4 is 0 Å². The van der Waals surface area contributed by atoms with Crippen LogP contribution in [0.25, 0.3) is 11.0 Å². The van der Waals surface area contributed by atoms with E-state index in [1.807, 2.05) is 25.5 Å². The molecule has 6 nitrogen and oxygen atoms in total. The molecule has 7 heteroatoms. The van der Waals surface area contributed by atoms with Crippen LogP contribution in [0.3, 0.4) is 0 Å². The van der Waals surface area contributed by atoms with E-state index in [0.717, 1.165) is 5.52 Å². The Kier molecular flexibility index (Phi) is 3.31. The molecule has 0 saturated carbocycles. The molecule has 114 valence electrons.